The predicted molar refractivity (Wildman–Crippen MR) is 94.6 cm³/mol. The summed E-state index contributed by atoms with van der Waals surface area (Å²) in [7, 11) is 0. The van der Waals surface area contributed by atoms with Gasteiger partial charge >= 0.3 is 0 Å². The summed E-state index contributed by atoms with van der Waals surface area (Å²) in [5, 5.41) is 3.35. The standard InChI is InChI=1S/C17H13BrN4O/c18-11-6-7-13-14(8-9-20-15(13)10-11)16(23)22-17(19)21-12-4-2-1-3-5-12/h1-10H,(H3,19,21,22,23). The summed E-state index contributed by atoms with van der Waals surface area (Å²) in [4.78, 5) is 20.9. The lowest BCUT2D eigenvalue weighted by Gasteiger charge is -2.07. The molecule has 0 unspecified atom stereocenters. The molecule has 0 aliphatic carbocycles. The van der Waals surface area contributed by atoms with Gasteiger partial charge in [-0.25, -0.2) is 4.99 Å². The van der Waals surface area contributed by atoms with Gasteiger partial charge in [0, 0.05) is 16.1 Å². The summed E-state index contributed by atoms with van der Waals surface area (Å²) in [6, 6.07) is 16.4. The fourth-order valence-corrected chi connectivity index (χ4v) is 2.52. The van der Waals surface area contributed by atoms with Crippen molar-refractivity contribution in [3.8, 4) is 0 Å². The Morgan fingerprint density at radius 1 is 1.13 bits per heavy atom. The molecule has 114 valence electrons. The van der Waals surface area contributed by atoms with Gasteiger partial charge in [-0.1, -0.05) is 40.2 Å². The van der Waals surface area contributed by atoms with Crippen LogP contribution >= 0.6 is 15.9 Å². The van der Waals surface area contributed by atoms with Gasteiger partial charge in [-0.2, -0.15) is 0 Å². The summed E-state index contributed by atoms with van der Waals surface area (Å²) in [5.74, 6) is -0.278. The SMILES string of the molecule is NC(=Nc1ccccc1)NC(=O)c1ccnc2cc(Br)ccc12. The minimum absolute atomic E-state index is 0.0447. The number of aliphatic imine (C=N–C) groups is 1. The second-order valence-corrected chi connectivity index (χ2v) is 5.72. The lowest BCUT2D eigenvalue weighted by molar-refractivity contribution is 0.0978. The Labute approximate surface area is 141 Å². The molecule has 0 aliphatic rings. The molecule has 3 aromatic rings. The van der Waals surface area contributed by atoms with Crippen LogP contribution in [-0.2, 0) is 0 Å². The number of benzene rings is 2. The number of rotatable bonds is 2. The summed E-state index contributed by atoms with van der Waals surface area (Å²) >= 11 is 3.39. The molecule has 0 bridgehead atoms. The Balaban J connectivity index is 1.88. The molecule has 1 amide bonds. The first kappa shape index (κ1) is 15.2. The molecule has 2 aromatic carbocycles. The molecule has 6 heteroatoms. The fraction of sp³-hybridized carbons (Fsp3) is 0. The molecule has 0 saturated heterocycles. The molecule has 0 fully saturated rings. The molecule has 5 nitrogen and oxygen atoms in total. The van der Waals surface area contributed by atoms with Crippen LogP contribution < -0.4 is 11.1 Å². The molecular weight excluding hydrogens is 356 g/mol. The fourth-order valence-electron chi connectivity index (χ4n) is 2.17. The first-order chi connectivity index (χ1) is 11.1. The summed E-state index contributed by atoms with van der Waals surface area (Å²) in [5.41, 5.74) is 7.70. The smallest absolute Gasteiger partial charge is 0.258 e. The lowest BCUT2D eigenvalue weighted by atomic mass is 10.1. The van der Waals surface area contributed by atoms with E-state index in [9.17, 15) is 4.79 Å². The number of fused-ring (bicyclic) bond motifs is 1. The molecule has 0 saturated carbocycles. The number of nitrogens with zero attached hydrogens (tertiary/aromatic N) is 2. The Morgan fingerprint density at radius 3 is 2.70 bits per heavy atom. The number of carbonyl (C=O) groups is 1. The van der Waals surface area contributed by atoms with Crippen LogP contribution in [0.5, 0.6) is 0 Å². The summed E-state index contributed by atoms with van der Waals surface area (Å²) in [6.45, 7) is 0. The minimum Gasteiger partial charge on any atom is -0.369 e. The van der Waals surface area contributed by atoms with Crippen LogP contribution in [0.25, 0.3) is 10.9 Å². The third kappa shape index (κ3) is 3.54. The molecule has 0 spiro atoms. The van der Waals surface area contributed by atoms with Crippen molar-refractivity contribution in [2.45, 2.75) is 0 Å². The molecule has 0 radical (unpaired) electrons. The van der Waals surface area contributed by atoms with Crippen LogP contribution in [-0.4, -0.2) is 16.9 Å². The van der Waals surface area contributed by atoms with Crippen LogP contribution in [0.4, 0.5) is 5.69 Å². The quantitative estimate of drug-likeness (QED) is 0.537. The third-order valence-electron chi connectivity index (χ3n) is 3.20. The number of guanidine groups is 1. The Kier molecular flexibility index (Phi) is 4.34. The molecule has 1 heterocycles. The number of hydrogen-bond acceptors (Lipinski definition) is 3. The average molecular weight is 369 g/mol. The summed E-state index contributed by atoms with van der Waals surface area (Å²) in [6.07, 6.45) is 1.59. The Hall–Kier alpha value is -2.73. The first-order valence-electron chi connectivity index (χ1n) is 6.88. The maximum Gasteiger partial charge on any atom is 0.258 e. The number of amides is 1. The van der Waals surface area contributed by atoms with Crippen molar-refractivity contribution in [1.82, 2.24) is 10.3 Å². The molecule has 0 aliphatic heterocycles. The van der Waals surface area contributed by atoms with E-state index >= 15 is 0 Å². The highest BCUT2D eigenvalue weighted by Gasteiger charge is 2.11. The largest absolute Gasteiger partial charge is 0.369 e. The van der Waals surface area contributed by atoms with E-state index in [0.29, 0.717) is 11.3 Å². The van der Waals surface area contributed by atoms with Gasteiger partial charge in [0.05, 0.1) is 16.8 Å². The normalized spacial score (nSPS) is 11.4. The number of nitrogens with two attached hydrogens (primary N) is 1. The van der Waals surface area contributed by atoms with Gasteiger partial charge in [-0.05, 0) is 30.3 Å². The monoisotopic (exact) mass is 368 g/mol. The minimum atomic E-state index is -0.322. The molecule has 23 heavy (non-hydrogen) atoms. The van der Waals surface area contributed by atoms with Crippen molar-refractivity contribution < 1.29 is 4.79 Å². The van der Waals surface area contributed by atoms with E-state index in [-0.39, 0.29) is 11.9 Å². The van der Waals surface area contributed by atoms with E-state index in [0.717, 1.165) is 15.4 Å². The van der Waals surface area contributed by atoms with Crippen molar-refractivity contribution in [3.05, 3.63) is 70.8 Å². The van der Waals surface area contributed by atoms with Gasteiger partial charge in [-0.3, -0.25) is 15.1 Å². The van der Waals surface area contributed by atoms with E-state index < -0.39 is 0 Å². The maximum atomic E-state index is 12.4. The zero-order valence-electron chi connectivity index (χ0n) is 12.0. The van der Waals surface area contributed by atoms with Crippen LogP contribution in [0.3, 0.4) is 0 Å². The van der Waals surface area contributed by atoms with Crippen LogP contribution in [0.2, 0.25) is 0 Å². The van der Waals surface area contributed by atoms with Crippen LogP contribution in [0.1, 0.15) is 10.4 Å². The lowest BCUT2D eigenvalue weighted by Crippen LogP contribution is -2.36. The molecular formula is C17H13BrN4O. The molecule has 0 atom stereocenters. The van der Waals surface area contributed by atoms with E-state index in [1.165, 1.54) is 0 Å². The van der Waals surface area contributed by atoms with E-state index in [1.807, 2.05) is 36.4 Å². The maximum absolute atomic E-state index is 12.4. The van der Waals surface area contributed by atoms with E-state index in [1.54, 1.807) is 24.4 Å². The number of hydrogen-bond donors (Lipinski definition) is 2. The second kappa shape index (κ2) is 6.58. The predicted octanol–water partition coefficient (Wildman–Crippen LogP) is 3.37. The van der Waals surface area contributed by atoms with Crippen molar-refractivity contribution in [3.63, 3.8) is 0 Å². The second-order valence-electron chi connectivity index (χ2n) is 4.81. The highest BCUT2D eigenvalue weighted by molar-refractivity contribution is 9.10. The first-order valence-corrected chi connectivity index (χ1v) is 7.67. The number of nitrogens with one attached hydrogen (secondary N) is 1. The van der Waals surface area contributed by atoms with Gasteiger partial charge in [0.1, 0.15) is 0 Å². The van der Waals surface area contributed by atoms with Gasteiger partial charge in [-0.15, -0.1) is 0 Å². The van der Waals surface area contributed by atoms with Crippen molar-refractivity contribution in [2.24, 2.45) is 10.7 Å². The van der Waals surface area contributed by atoms with Gasteiger partial charge in [0.2, 0.25) is 5.96 Å². The highest BCUT2D eigenvalue weighted by Crippen LogP contribution is 2.21. The van der Waals surface area contributed by atoms with E-state index in [2.05, 4.69) is 31.2 Å². The average Bonchev–Trinajstić information content (AvgIpc) is 2.54. The summed E-state index contributed by atoms with van der Waals surface area (Å²) < 4.78 is 0.903. The van der Waals surface area contributed by atoms with Gasteiger partial charge in [0.15, 0.2) is 0 Å². The van der Waals surface area contributed by atoms with Crippen LogP contribution in [0.15, 0.2) is 70.3 Å². The highest BCUT2D eigenvalue weighted by atomic mass is 79.9. The van der Waals surface area contributed by atoms with Crippen molar-refractivity contribution >= 4 is 44.4 Å². The number of aromatic nitrogens is 1. The van der Waals surface area contributed by atoms with E-state index in [4.69, 9.17) is 5.73 Å². The topological polar surface area (TPSA) is 80.4 Å². The number of halogens is 1. The Morgan fingerprint density at radius 2 is 1.91 bits per heavy atom. The number of carbonyl (C=O) groups excluding carboxylic acids is 1. The van der Waals surface area contributed by atoms with Crippen molar-refractivity contribution in [1.29, 1.82) is 0 Å². The molecule has 1 aromatic heterocycles. The van der Waals surface area contributed by atoms with Crippen LogP contribution in [0, 0.1) is 0 Å². The van der Waals surface area contributed by atoms with Gasteiger partial charge < -0.3 is 5.73 Å². The third-order valence-corrected chi connectivity index (χ3v) is 3.69. The van der Waals surface area contributed by atoms with Gasteiger partial charge in [0.25, 0.3) is 5.91 Å². The Bertz CT molecular complexity index is 893. The zero-order chi connectivity index (χ0) is 16.2. The zero-order valence-corrected chi connectivity index (χ0v) is 13.6. The van der Waals surface area contributed by atoms with Crippen molar-refractivity contribution in [2.75, 3.05) is 0 Å². The number of pyridine rings is 1. The number of para-hydroxylation sites is 1. The molecule has 3 N–H and O–H groups in total. The molecule has 3 rings (SSSR count).